The molecule has 21 heavy (non-hydrogen) atoms. The molecular formula is C13H15NO7. The predicted molar refractivity (Wildman–Crippen MR) is 71.7 cm³/mol. The number of rotatable bonds is 8. The van der Waals surface area contributed by atoms with Crippen LogP contribution in [0.2, 0.25) is 0 Å². The van der Waals surface area contributed by atoms with Crippen LogP contribution in [-0.4, -0.2) is 55.0 Å². The molecule has 0 aliphatic carbocycles. The lowest BCUT2D eigenvalue weighted by Gasteiger charge is -2.08. The van der Waals surface area contributed by atoms with Crippen LogP contribution < -0.4 is 5.32 Å². The Labute approximate surface area is 120 Å². The summed E-state index contributed by atoms with van der Waals surface area (Å²) in [6.45, 7) is 0.327. The van der Waals surface area contributed by atoms with E-state index >= 15 is 0 Å². The Morgan fingerprint density at radius 3 is 2.10 bits per heavy atom. The van der Waals surface area contributed by atoms with E-state index in [1.807, 2.05) is 0 Å². The van der Waals surface area contributed by atoms with Crippen molar-refractivity contribution in [1.82, 2.24) is 0 Å². The standard InChI is InChI=1S/C13H15NO7/c1-20-2-3-21-7-11(15)14-10-5-8(12(16)17)4-9(6-10)13(18)19/h4-6H,2-3,7H2,1H3,(H,14,15)(H,16,17)(H,18,19). The number of amides is 1. The molecule has 1 aromatic carbocycles. The largest absolute Gasteiger partial charge is 0.478 e. The second kappa shape index (κ2) is 7.98. The number of ether oxygens (including phenoxy) is 2. The van der Waals surface area contributed by atoms with Gasteiger partial charge >= 0.3 is 11.9 Å². The Kier molecular flexibility index (Phi) is 6.31. The van der Waals surface area contributed by atoms with Crippen LogP contribution in [0.25, 0.3) is 0 Å². The molecule has 0 unspecified atom stereocenters. The number of carbonyl (C=O) groups is 3. The highest BCUT2D eigenvalue weighted by Gasteiger charge is 2.12. The monoisotopic (exact) mass is 297 g/mol. The SMILES string of the molecule is COCCOCC(=O)Nc1cc(C(=O)O)cc(C(=O)O)c1. The summed E-state index contributed by atoms with van der Waals surface area (Å²) in [5.74, 6) is -3.10. The van der Waals surface area contributed by atoms with Crippen molar-refractivity contribution in [2.75, 3.05) is 32.2 Å². The number of carboxylic acid groups (broad SMARTS) is 2. The average molecular weight is 297 g/mol. The van der Waals surface area contributed by atoms with Crippen LogP contribution in [0, 0.1) is 0 Å². The van der Waals surface area contributed by atoms with Crippen molar-refractivity contribution in [2.45, 2.75) is 0 Å². The van der Waals surface area contributed by atoms with E-state index in [1.54, 1.807) is 0 Å². The zero-order valence-electron chi connectivity index (χ0n) is 11.3. The van der Waals surface area contributed by atoms with E-state index in [2.05, 4.69) is 5.32 Å². The maximum atomic E-state index is 11.6. The van der Waals surface area contributed by atoms with E-state index in [0.717, 1.165) is 6.07 Å². The number of hydrogen-bond donors (Lipinski definition) is 3. The maximum Gasteiger partial charge on any atom is 0.335 e. The van der Waals surface area contributed by atoms with E-state index in [9.17, 15) is 14.4 Å². The number of carboxylic acids is 2. The first-order chi connectivity index (χ1) is 9.93. The molecule has 0 aromatic heterocycles. The van der Waals surface area contributed by atoms with Crippen LogP contribution in [-0.2, 0) is 14.3 Å². The summed E-state index contributed by atoms with van der Waals surface area (Å²) in [5, 5.41) is 20.2. The van der Waals surface area contributed by atoms with E-state index in [-0.39, 0.29) is 30.0 Å². The normalized spacial score (nSPS) is 10.1. The molecule has 0 saturated heterocycles. The molecule has 0 bridgehead atoms. The number of nitrogens with one attached hydrogen (secondary N) is 1. The summed E-state index contributed by atoms with van der Waals surface area (Å²) in [7, 11) is 1.49. The Balaban J connectivity index is 2.75. The van der Waals surface area contributed by atoms with Crippen molar-refractivity contribution in [2.24, 2.45) is 0 Å². The third kappa shape index (κ3) is 5.59. The Bertz CT molecular complexity index is 509. The molecule has 0 atom stereocenters. The van der Waals surface area contributed by atoms with Crippen LogP contribution in [0.1, 0.15) is 20.7 Å². The molecule has 1 amide bonds. The second-order valence-electron chi connectivity index (χ2n) is 4.00. The van der Waals surface area contributed by atoms with Crippen molar-refractivity contribution < 1.29 is 34.1 Å². The predicted octanol–water partition coefficient (Wildman–Crippen LogP) is 0.684. The Hall–Kier alpha value is -2.45. The third-order valence-electron chi connectivity index (χ3n) is 2.38. The summed E-state index contributed by atoms with van der Waals surface area (Å²) in [6, 6.07) is 3.35. The fraction of sp³-hybridized carbons (Fsp3) is 0.308. The molecule has 8 nitrogen and oxygen atoms in total. The van der Waals surface area contributed by atoms with Crippen LogP contribution >= 0.6 is 0 Å². The van der Waals surface area contributed by atoms with E-state index in [4.69, 9.17) is 19.7 Å². The summed E-state index contributed by atoms with van der Waals surface area (Å²) in [4.78, 5) is 33.4. The topological polar surface area (TPSA) is 122 Å². The van der Waals surface area contributed by atoms with Crippen LogP contribution in [0.4, 0.5) is 5.69 Å². The molecule has 0 radical (unpaired) electrons. The van der Waals surface area contributed by atoms with Gasteiger partial charge in [-0.15, -0.1) is 0 Å². The number of carbonyl (C=O) groups excluding carboxylic acids is 1. The first-order valence-electron chi connectivity index (χ1n) is 5.92. The first-order valence-corrected chi connectivity index (χ1v) is 5.92. The van der Waals surface area contributed by atoms with Gasteiger partial charge in [-0.2, -0.15) is 0 Å². The van der Waals surface area contributed by atoms with Crippen LogP contribution in [0.15, 0.2) is 18.2 Å². The second-order valence-corrected chi connectivity index (χ2v) is 4.00. The van der Waals surface area contributed by atoms with Crippen molar-refractivity contribution in [3.63, 3.8) is 0 Å². The average Bonchev–Trinajstić information content (AvgIpc) is 2.43. The molecule has 114 valence electrons. The molecule has 1 aromatic rings. The smallest absolute Gasteiger partial charge is 0.335 e. The van der Waals surface area contributed by atoms with Gasteiger partial charge in [0.25, 0.3) is 0 Å². The van der Waals surface area contributed by atoms with Gasteiger partial charge in [0.1, 0.15) is 6.61 Å². The highest BCUT2D eigenvalue weighted by molar-refractivity contribution is 5.98. The minimum Gasteiger partial charge on any atom is -0.478 e. The van der Waals surface area contributed by atoms with Gasteiger partial charge in [-0.3, -0.25) is 4.79 Å². The Morgan fingerprint density at radius 2 is 1.62 bits per heavy atom. The summed E-state index contributed by atoms with van der Waals surface area (Å²) >= 11 is 0. The minimum absolute atomic E-state index is 0.0765. The third-order valence-corrected chi connectivity index (χ3v) is 2.38. The van der Waals surface area contributed by atoms with Crippen molar-refractivity contribution in [1.29, 1.82) is 0 Å². The van der Waals surface area contributed by atoms with Crippen molar-refractivity contribution in [3.8, 4) is 0 Å². The summed E-state index contributed by atoms with van der Waals surface area (Å²) in [5.41, 5.74) is -0.386. The zero-order chi connectivity index (χ0) is 15.8. The van der Waals surface area contributed by atoms with Gasteiger partial charge in [-0.25, -0.2) is 9.59 Å². The van der Waals surface area contributed by atoms with E-state index < -0.39 is 17.8 Å². The first kappa shape index (κ1) is 16.6. The van der Waals surface area contributed by atoms with Crippen LogP contribution in [0.5, 0.6) is 0 Å². The van der Waals surface area contributed by atoms with Gasteiger partial charge < -0.3 is 25.0 Å². The molecule has 8 heteroatoms. The van der Waals surface area contributed by atoms with Gasteiger partial charge in [-0.1, -0.05) is 0 Å². The fourth-order valence-electron chi connectivity index (χ4n) is 1.45. The quantitative estimate of drug-likeness (QED) is 0.603. The number of methoxy groups -OCH3 is 1. The van der Waals surface area contributed by atoms with Gasteiger partial charge in [-0.05, 0) is 18.2 Å². The summed E-state index contributed by atoms with van der Waals surface area (Å²) in [6.07, 6.45) is 0. The van der Waals surface area contributed by atoms with Gasteiger partial charge in [0, 0.05) is 12.8 Å². The zero-order valence-corrected chi connectivity index (χ0v) is 11.3. The minimum atomic E-state index is -1.29. The highest BCUT2D eigenvalue weighted by Crippen LogP contribution is 2.15. The molecule has 1 rings (SSSR count). The van der Waals surface area contributed by atoms with Gasteiger partial charge in [0.15, 0.2) is 0 Å². The van der Waals surface area contributed by atoms with Gasteiger partial charge in [0.05, 0.1) is 24.3 Å². The number of anilines is 1. The molecule has 0 spiro atoms. The molecule has 0 fully saturated rings. The molecular weight excluding hydrogens is 282 g/mol. The van der Waals surface area contributed by atoms with E-state index in [1.165, 1.54) is 19.2 Å². The fourth-order valence-corrected chi connectivity index (χ4v) is 1.45. The molecule has 0 saturated carbocycles. The lowest BCUT2D eigenvalue weighted by atomic mass is 10.1. The lowest BCUT2D eigenvalue weighted by molar-refractivity contribution is -0.121. The molecule has 0 aliphatic rings. The number of benzene rings is 1. The summed E-state index contributed by atoms with van der Waals surface area (Å²) < 4.78 is 9.73. The Morgan fingerprint density at radius 1 is 1.05 bits per heavy atom. The number of hydrogen-bond acceptors (Lipinski definition) is 5. The van der Waals surface area contributed by atoms with Crippen LogP contribution in [0.3, 0.4) is 0 Å². The van der Waals surface area contributed by atoms with Gasteiger partial charge in [0.2, 0.25) is 5.91 Å². The van der Waals surface area contributed by atoms with Crippen molar-refractivity contribution >= 4 is 23.5 Å². The highest BCUT2D eigenvalue weighted by atomic mass is 16.5. The maximum absolute atomic E-state index is 11.6. The lowest BCUT2D eigenvalue weighted by Crippen LogP contribution is -2.20. The molecule has 3 N–H and O–H groups in total. The number of aromatic carboxylic acids is 2. The van der Waals surface area contributed by atoms with E-state index in [0.29, 0.717) is 6.61 Å². The van der Waals surface area contributed by atoms with Crippen molar-refractivity contribution in [3.05, 3.63) is 29.3 Å². The molecule has 0 aliphatic heterocycles. The molecule has 0 heterocycles.